The predicted molar refractivity (Wildman–Crippen MR) is 88.3 cm³/mol. The van der Waals surface area contributed by atoms with Crippen LogP contribution in [0.3, 0.4) is 0 Å². The minimum absolute atomic E-state index is 0.0111. The number of Topliss-reactive ketones (excluding diaryl/α,β-unsaturated/α-hetero) is 1. The zero-order valence-corrected chi connectivity index (χ0v) is 13.0. The van der Waals surface area contributed by atoms with Gasteiger partial charge in [0.25, 0.3) is 5.91 Å². The number of thioether (sulfide) groups is 1. The van der Waals surface area contributed by atoms with Crippen molar-refractivity contribution < 1.29 is 9.59 Å². The minimum Gasteiger partial charge on any atom is -0.300 e. The van der Waals surface area contributed by atoms with Gasteiger partial charge in [0.2, 0.25) is 0 Å². The summed E-state index contributed by atoms with van der Waals surface area (Å²) < 4.78 is 0. The number of amides is 1. The lowest BCUT2D eigenvalue weighted by atomic mass is 10.1. The molecule has 1 unspecified atom stereocenters. The third-order valence-corrected chi connectivity index (χ3v) is 4.36. The van der Waals surface area contributed by atoms with Crippen LogP contribution in [0, 0.1) is 0 Å². The Morgan fingerprint density at radius 2 is 2.09 bits per heavy atom. The summed E-state index contributed by atoms with van der Waals surface area (Å²) >= 11 is 1.52. The number of nitrogens with zero attached hydrogens (tertiary/aromatic N) is 3. The van der Waals surface area contributed by atoms with E-state index < -0.39 is 6.04 Å². The highest BCUT2D eigenvalue weighted by Crippen LogP contribution is 2.25. The largest absolute Gasteiger partial charge is 0.300 e. The van der Waals surface area contributed by atoms with Gasteiger partial charge in [-0.3, -0.25) is 19.6 Å². The molecule has 6 nitrogen and oxygen atoms in total. The van der Waals surface area contributed by atoms with Gasteiger partial charge in [0.05, 0.1) is 12.2 Å². The van der Waals surface area contributed by atoms with E-state index in [2.05, 4.69) is 15.4 Å². The van der Waals surface area contributed by atoms with Gasteiger partial charge in [0.1, 0.15) is 11.8 Å². The number of carbonyl (C=O) groups excluding carboxylic acids is 2. The Balaban J connectivity index is 1.80. The molecule has 1 N–H and O–H groups in total. The van der Waals surface area contributed by atoms with E-state index in [1.54, 1.807) is 5.01 Å². The highest BCUT2D eigenvalue weighted by atomic mass is 32.2. The number of aliphatic imine (C=N–C) groups is 1. The third kappa shape index (κ3) is 3.04. The van der Waals surface area contributed by atoms with Gasteiger partial charge in [-0.25, -0.2) is 0 Å². The predicted octanol–water partition coefficient (Wildman–Crippen LogP) is 1.43. The number of nitrogens with one attached hydrogen (secondary N) is 1. The van der Waals surface area contributed by atoms with Crippen molar-refractivity contribution in [1.82, 2.24) is 5.32 Å². The second kappa shape index (κ2) is 6.31. The van der Waals surface area contributed by atoms with Gasteiger partial charge in [-0.2, -0.15) is 5.10 Å². The number of anilines is 1. The van der Waals surface area contributed by atoms with Crippen molar-refractivity contribution in [3.05, 3.63) is 30.3 Å². The van der Waals surface area contributed by atoms with Crippen molar-refractivity contribution in [2.75, 3.05) is 17.3 Å². The Morgan fingerprint density at radius 3 is 2.73 bits per heavy atom. The normalized spacial score (nSPS) is 20.6. The summed E-state index contributed by atoms with van der Waals surface area (Å²) in [4.78, 5) is 28.3. The van der Waals surface area contributed by atoms with Gasteiger partial charge >= 0.3 is 0 Å². The monoisotopic (exact) mass is 316 g/mol. The quantitative estimate of drug-likeness (QED) is 0.915. The minimum atomic E-state index is -0.429. The summed E-state index contributed by atoms with van der Waals surface area (Å²) in [6.45, 7) is 2.24. The van der Waals surface area contributed by atoms with Crippen LogP contribution in [0.5, 0.6) is 0 Å². The molecule has 22 heavy (non-hydrogen) atoms. The second-order valence-corrected chi connectivity index (χ2v) is 6.13. The van der Waals surface area contributed by atoms with Crippen molar-refractivity contribution in [3.8, 4) is 0 Å². The zero-order valence-electron chi connectivity index (χ0n) is 12.2. The van der Waals surface area contributed by atoms with Crippen molar-refractivity contribution in [2.45, 2.75) is 19.4 Å². The highest BCUT2D eigenvalue weighted by molar-refractivity contribution is 8.14. The molecule has 0 saturated heterocycles. The number of ketones is 1. The molecule has 0 saturated carbocycles. The Labute approximate surface area is 132 Å². The Kier molecular flexibility index (Phi) is 4.24. The molecule has 0 radical (unpaired) electrons. The van der Waals surface area contributed by atoms with Crippen LogP contribution >= 0.6 is 11.8 Å². The van der Waals surface area contributed by atoms with E-state index >= 15 is 0 Å². The van der Waals surface area contributed by atoms with Gasteiger partial charge in [0.15, 0.2) is 11.0 Å². The maximum absolute atomic E-state index is 12.3. The lowest BCUT2D eigenvalue weighted by Gasteiger charge is -2.20. The van der Waals surface area contributed by atoms with E-state index in [-0.39, 0.29) is 11.7 Å². The first-order chi connectivity index (χ1) is 10.6. The molecule has 2 heterocycles. The van der Waals surface area contributed by atoms with E-state index in [0.29, 0.717) is 17.3 Å². The summed E-state index contributed by atoms with van der Waals surface area (Å²) in [5.74, 6) is 0.592. The maximum Gasteiger partial charge on any atom is 0.273 e. The van der Waals surface area contributed by atoms with Crippen LogP contribution in [0.2, 0.25) is 0 Å². The molecule has 1 amide bonds. The van der Waals surface area contributed by atoms with Gasteiger partial charge in [0, 0.05) is 12.2 Å². The number of hydrogen-bond acceptors (Lipinski definition) is 6. The second-order valence-electron chi connectivity index (χ2n) is 5.05. The molecule has 1 atom stereocenters. The van der Waals surface area contributed by atoms with Gasteiger partial charge in [-0.1, -0.05) is 30.0 Å². The van der Waals surface area contributed by atoms with E-state index in [1.807, 2.05) is 30.3 Å². The average Bonchev–Trinajstić information content (AvgIpc) is 3.17. The molecular formula is C15H16N4O2S. The summed E-state index contributed by atoms with van der Waals surface area (Å²) in [7, 11) is 0. The molecule has 0 spiro atoms. The first-order valence-corrected chi connectivity index (χ1v) is 8.04. The molecule has 2 aliphatic rings. The molecule has 114 valence electrons. The number of para-hydroxylation sites is 1. The van der Waals surface area contributed by atoms with E-state index in [1.165, 1.54) is 18.7 Å². The summed E-state index contributed by atoms with van der Waals surface area (Å²) in [5.41, 5.74) is 1.16. The van der Waals surface area contributed by atoms with Crippen LogP contribution in [0.15, 0.2) is 40.4 Å². The van der Waals surface area contributed by atoms with Crippen LogP contribution in [0.1, 0.15) is 13.3 Å². The summed E-state index contributed by atoms with van der Waals surface area (Å²) in [6, 6.07) is 8.97. The fourth-order valence-corrected chi connectivity index (χ4v) is 3.09. The molecule has 0 aliphatic carbocycles. The van der Waals surface area contributed by atoms with Gasteiger partial charge in [-0.15, -0.1) is 0 Å². The van der Waals surface area contributed by atoms with E-state index in [9.17, 15) is 9.59 Å². The van der Waals surface area contributed by atoms with Crippen LogP contribution in [0.4, 0.5) is 5.69 Å². The molecule has 3 rings (SSSR count). The number of carbonyl (C=O) groups is 2. The third-order valence-electron chi connectivity index (χ3n) is 3.47. The smallest absolute Gasteiger partial charge is 0.273 e. The first-order valence-electron chi connectivity index (χ1n) is 7.06. The number of benzene rings is 1. The van der Waals surface area contributed by atoms with Crippen molar-refractivity contribution in [2.24, 2.45) is 10.1 Å². The highest BCUT2D eigenvalue weighted by Gasteiger charge is 2.34. The SMILES string of the molecule is CC(=O)C1CC(C(=O)NC2=NCCS2)=NN1c1ccccc1. The van der Waals surface area contributed by atoms with Crippen molar-refractivity contribution >= 4 is 40.0 Å². The van der Waals surface area contributed by atoms with Gasteiger partial charge < -0.3 is 5.32 Å². The number of rotatable bonds is 3. The Hall–Kier alpha value is -2.15. The molecule has 1 aromatic carbocycles. The lowest BCUT2D eigenvalue weighted by Crippen LogP contribution is -2.35. The lowest BCUT2D eigenvalue weighted by molar-refractivity contribution is -0.118. The summed E-state index contributed by atoms with van der Waals surface area (Å²) in [6.07, 6.45) is 0.313. The number of amidine groups is 1. The van der Waals surface area contributed by atoms with Crippen molar-refractivity contribution in [3.63, 3.8) is 0 Å². The molecule has 0 bridgehead atoms. The van der Waals surface area contributed by atoms with Crippen LogP contribution in [-0.4, -0.2) is 40.9 Å². The number of hydrazone groups is 1. The topological polar surface area (TPSA) is 74.1 Å². The standard InChI is InChI=1S/C15H16N4O2S/c1-10(20)13-9-12(14(21)17-15-16-7-8-22-15)18-19(13)11-5-3-2-4-6-11/h2-6,13H,7-9H2,1H3,(H,16,17,21). The molecule has 1 aromatic rings. The van der Waals surface area contributed by atoms with Crippen molar-refractivity contribution in [1.29, 1.82) is 0 Å². The fraction of sp³-hybridized carbons (Fsp3) is 0.333. The van der Waals surface area contributed by atoms with Gasteiger partial charge in [-0.05, 0) is 19.1 Å². The van der Waals surface area contributed by atoms with Crippen LogP contribution < -0.4 is 10.3 Å². The summed E-state index contributed by atoms with van der Waals surface area (Å²) in [5, 5.41) is 9.37. The maximum atomic E-state index is 12.3. The van der Waals surface area contributed by atoms with Crippen LogP contribution in [0.25, 0.3) is 0 Å². The van der Waals surface area contributed by atoms with E-state index in [0.717, 1.165) is 18.0 Å². The first kappa shape index (κ1) is 14.8. The van der Waals surface area contributed by atoms with Crippen LogP contribution in [-0.2, 0) is 9.59 Å². The van der Waals surface area contributed by atoms with E-state index in [4.69, 9.17) is 0 Å². The Morgan fingerprint density at radius 1 is 1.32 bits per heavy atom. The molecule has 0 fully saturated rings. The molecule has 2 aliphatic heterocycles. The molecule has 0 aromatic heterocycles. The molecular weight excluding hydrogens is 300 g/mol. The fourth-order valence-electron chi connectivity index (χ4n) is 2.36. The average molecular weight is 316 g/mol. The zero-order chi connectivity index (χ0) is 15.5. The number of hydrogen-bond donors (Lipinski definition) is 1. The molecule has 7 heteroatoms. The Bertz CT molecular complexity index is 657.